The van der Waals surface area contributed by atoms with E-state index in [1.54, 1.807) is 0 Å². The summed E-state index contributed by atoms with van der Waals surface area (Å²) in [5, 5.41) is 0. The van der Waals surface area contributed by atoms with Crippen molar-refractivity contribution in [2.45, 2.75) is 90.4 Å². The second kappa shape index (κ2) is 13.6. The summed E-state index contributed by atoms with van der Waals surface area (Å²) in [6, 6.07) is 0. The molecule has 0 aromatic carbocycles. The van der Waals surface area contributed by atoms with E-state index in [0.29, 0.717) is 6.61 Å². The van der Waals surface area contributed by atoms with E-state index in [0.717, 1.165) is 18.8 Å². The SMILES string of the molecule is CCCCCCCC=C=CC(=O)OCCCC1CCCCC1. The lowest BCUT2D eigenvalue weighted by atomic mass is 9.86. The van der Waals surface area contributed by atoms with E-state index in [2.05, 4.69) is 12.7 Å². The maximum absolute atomic E-state index is 11.5. The Labute approximate surface area is 137 Å². The molecule has 0 atom stereocenters. The fraction of sp³-hybridized carbons (Fsp3) is 0.800. The summed E-state index contributed by atoms with van der Waals surface area (Å²) in [6.45, 7) is 2.79. The van der Waals surface area contributed by atoms with Crippen molar-refractivity contribution in [2.24, 2.45) is 5.92 Å². The van der Waals surface area contributed by atoms with Crippen LogP contribution in [0.4, 0.5) is 0 Å². The number of ether oxygens (including phenoxy) is 1. The first-order chi connectivity index (χ1) is 10.8. The third-order valence-corrected chi connectivity index (χ3v) is 4.50. The van der Waals surface area contributed by atoms with Gasteiger partial charge in [-0.2, -0.15) is 0 Å². The highest BCUT2D eigenvalue weighted by Crippen LogP contribution is 2.27. The maximum Gasteiger partial charge on any atom is 0.338 e. The Morgan fingerprint density at radius 3 is 2.64 bits per heavy atom. The van der Waals surface area contributed by atoms with Crippen molar-refractivity contribution in [1.29, 1.82) is 0 Å². The molecule has 1 saturated carbocycles. The van der Waals surface area contributed by atoms with Crippen LogP contribution in [0.15, 0.2) is 17.9 Å². The topological polar surface area (TPSA) is 26.3 Å². The van der Waals surface area contributed by atoms with Gasteiger partial charge in [-0.1, -0.05) is 64.7 Å². The van der Waals surface area contributed by atoms with Crippen LogP contribution in [0.2, 0.25) is 0 Å². The van der Waals surface area contributed by atoms with Gasteiger partial charge in [0.05, 0.1) is 12.7 Å². The van der Waals surface area contributed by atoms with Crippen LogP contribution in [0, 0.1) is 5.92 Å². The molecule has 1 aliphatic rings. The Hall–Kier alpha value is -1.01. The standard InChI is InChI=1S/C20H34O2/c1-2-3-4-5-6-7-8-12-17-20(21)22-18-13-16-19-14-10-9-11-15-19/h8,17,19H,2-7,9-11,13-16,18H2,1H3. The molecule has 126 valence electrons. The molecule has 0 saturated heterocycles. The van der Waals surface area contributed by atoms with Crippen LogP contribution >= 0.6 is 0 Å². The van der Waals surface area contributed by atoms with Gasteiger partial charge in [0.1, 0.15) is 0 Å². The largest absolute Gasteiger partial charge is 0.462 e. The lowest BCUT2D eigenvalue weighted by Crippen LogP contribution is -2.08. The van der Waals surface area contributed by atoms with E-state index in [4.69, 9.17) is 4.74 Å². The summed E-state index contributed by atoms with van der Waals surface area (Å²) in [4.78, 5) is 11.5. The number of rotatable bonds is 11. The molecule has 2 nitrogen and oxygen atoms in total. The lowest BCUT2D eigenvalue weighted by Gasteiger charge is -2.20. The summed E-state index contributed by atoms with van der Waals surface area (Å²) in [7, 11) is 0. The predicted octanol–water partition coefficient (Wildman–Crippen LogP) is 5.96. The minimum atomic E-state index is -0.245. The van der Waals surface area contributed by atoms with Gasteiger partial charge in [-0.05, 0) is 37.7 Å². The average molecular weight is 306 g/mol. The van der Waals surface area contributed by atoms with Crippen LogP contribution < -0.4 is 0 Å². The molecule has 22 heavy (non-hydrogen) atoms. The van der Waals surface area contributed by atoms with E-state index in [1.165, 1.54) is 76.7 Å². The summed E-state index contributed by atoms with van der Waals surface area (Å²) in [5.41, 5.74) is 2.94. The minimum absolute atomic E-state index is 0.245. The van der Waals surface area contributed by atoms with Crippen LogP contribution in [0.3, 0.4) is 0 Å². The summed E-state index contributed by atoms with van der Waals surface area (Å²) in [6.07, 6.45) is 19.9. The second-order valence-electron chi connectivity index (χ2n) is 6.53. The Kier molecular flexibility index (Phi) is 11.8. The Balaban J connectivity index is 1.96. The van der Waals surface area contributed by atoms with E-state index >= 15 is 0 Å². The molecule has 0 amide bonds. The van der Waals surface area contributed by atoms with Crippen LogP contribution in [0.5, 0.6) is 0 Å². The monoisotopic (exact) mass is 306 g/mol. The lowest BCUT2D eigenvalue weighted by molar-refractivity contribution is -0.137. The van der Waals surface area contributed by atoms with Gasteiger partial charge in [0, 0.05) is 0 Å². The first-order valence-corrected chi connectivity index (χ1v) is 9.40. The molecule has 0 aromatic heterocycles. The number of hydrogen-bond acceptors (Lipinski definition) is 2. The van der Waals surface area contributed by atoms with Gasteiger partial charge >= 0.3 is 5.97 Å². The van der Waals surface area contributed by atoms with Crippen LogP contribution in [-0.4, -0.2) is 12.6 Å². The molecule has 0 heterocycles. The highest BCUT2D eigenvalue weighted by Gasteiger charge is 2.12. The smallest absolute Gasteiger partial charge is 0.338 e. The number of hydrogen-bond donors (Lipinski definition) is 0. The van der Waals surface area contributed by atoms with E-state index in [-0.39, 0.29) is 5.97 Å². The fourth-order valence-electron chi connectivity index (χ4n) is 3.12. The number of carbonyl (C=O) groups is 1. The van der Waals surface area contributed by atoms with Crippen LogP contribution in [0.25, 0.3) is 0 Å². The third kappa shape index (κ3) is 10.7. The molecule has 1 rings (SSSR count). The fourth-order valence-corrected chi connectivity index (χ4v) is 3.12. The van der Waals surface area contributed by atoms with Gasteiger partial charge in [0.15, 0.2) is 0 Å². The van der Waals surface area contributed by atoms with Gasteiger partial charge in [-0.25, -0.2) is 4.79 Å². The normalized spacial score (nSPS) is 15.1. The highest BCUT2D eigenvalue weighted by molar-refractivity contribution is 5.81. The molecule has 1 fully saturated rings. The number of unbranched alkanes of at least 4 members (excludes halogenated alkanes) is 5. The zero-order valence-corrected chi connectivity index (χ0v) is 14.4. The molecule has 0 N–H and O–H groups in total. The van der Waals surface area contributed by atoms with E-state index < -0.39 is 0 Å². The molecule has 0 bridgehead atoms. The van der Waals surface area contributed by atoms with Crippen molar-refractivity contribution in [2.75, 3.05) is 6.61 Å². The zero-order valence-electron chi connectivity index (χ0n) is 14.4. The zero-order chi connectivity index (χ0) is 15.9. The number of carbonyl (C=O) groups excluding carboxylic acids is 1. The first-order valence-electron chi connectivity index (χ1n) is 9.40. The van der Waals surface area contributed by atoms with Crippen LogP contribution in [0.1, 0.15) is 90.4 Å². The molecule has 2 heteroatoms. The summed E-state index contributed by atoms with van der Waals surface area (Å²) >= 11 is 0. The van der Waals surface area contributed by atoms with E-state index in [9.17, 15) is 4.79 Å². The van der Waals surface area contributed by atoms with Crippen molar-refractivity contribution in [3.05, 3.63) is 17.9 Å². The van der Waals surface area contributed by atoms with Crippen molar-refractivity contribution in [3.8, 4) is 0 Å². The maximum atomic E-state index is 11.5. The molecule has 1 aliphatic carbocycles. The molecular formula is C20H34O2. The molecule has 0 unspecified atom stereocenters. The van der Waals surface area contributed by atoms with Gasteiger partial charge in [0.25, 0.3) is 0 Å². The van der Waals surface area contributed by atoms with Crippen molar-refractivity contribution < 1.29 is 9.53 Å². The third-order valence-electron chi connectivity index (χ3n) is 4.50. The minimum Gasteiger partial charge on any atom is -0.462 e. The number of esters is 1. The van der Waals surface area contributed by atoms with Gasteiger partial charge in [0.2, 0.25) is 0 Å². The Morgan fingerprint density at radius 1 is 1.09 bits per heavy atom. The predicted molar refractivity (Wildman–Crippen MR) is 92.8 cm³/mol. The first kappa shape index (κ1) is 19.0. The Bertz CT molecular complexity index is 334. The highest BCUT2D eigenvalue weighted by atomic mass is 16.5. The van der Waals surface area contributed by atoms with Crippen molar-refractivity contribution in [3.63, 3.8) is 0 Å². The molecule has 0 spiro atoms. The second-order valence-corrected chi connectivity index (χ2v) is 6.53. The average Bonchev–Trinajstić information content (AvgIpc) is 2.55. The molecular weight excluding hydrogens is 272 g/mol. The molecule has 0 aromatic rings. The van der Waals surface area contributed by atoms with Gasteiger partial charge < -0.3 is 4.74 Å². The quantitative estimate of drug-likeness (QED) is 0.204. The van der Waals surface area contributed by atoms with Crippen LogP contribution in [-0.2, 0) is 9.53 Å². The van der Waals surface area contributed by atoms with Crippen molar-refractivity contribution >= 4 is 5.97 Å². The van der Waals surface area contributed by atoms with Gasteiger partial charge in [-0.15, -0.1) is 5.73 Å². The summed E-state index contributed by atoms with van der Waals surface area (Å²) in [5.74, 6) is 0.626. The van der Waals surface area contributed by atoms with Gasteiger partial charge in [-0.3, -0.25) is 0 Å². The molecule has 0 aliphatic heterocycles. The molecule has 0 radical (unpaired) electrons. The Morgan fingerprint density at radius 2 is 1.86 bits per heavy atom. The van der Waals surface area contributed by atoms with E-state index in [1.807, 2.05) is 6.08 Å². The van der Waals surface area contributed by atoms with Crippen molar-refractivity contribution in [1.82, 2.24) is 0 Å². The summed E-state index contributed by atoms with van der Waals surface area (Å²) < 4.78 is 5.22.